The summed E-state index contributed by atoms with van der Waals surface area (Å²) in [6, 6.07) is 11.2. The van der Waals surface area contributed by atoms with Crippen LogP contribution in [0.15, 0.2) is 53.6 Å². The number of pyridine rings is 1. The Labute approximate surface area is 192 Å². The molecule has 0 bridgehead atoms. The quantitative estimate of drug-likeness (QED) is 0.429. The van der Waals surface area contributed by atoms with Crippen molar-refractivity contribution in [2.75, 3.05) is 6.61 Å². The number of halogens is 2. The van der Waals surface area contributed by atoms with Crippen LogP contribution in [-0.4, -0.2) is 21.7 Å². The van der Waals surface area contributed by atoms with Crippen molar-refractivity contribution >= 4 is 29.2 Å². The van der Waals surface area contributed by atoms with Gasteiger partial charge in [-0.05, 0) is 62.6 Å². The van der Waals surface area contributed by atoms with Crippen LogP contribution in [0.3, 0.4) is 0 Å². The van der Waals surface area contributed by atoms with Crippen LogP contribution in [0.5, 0.6) is 0 Å². The van der Waals surface area contributed by atoms with Gasteiger partial charge < -0.3 is 13.9 Å². The predicted molar refractivity (Wildman–Crippen MR) is 124 cm³/mol. The Morgan fingerprint density at radius 2 is 1.81 bits per heavy atom. The summed E-state index contributed by atoms with van der Waals surface area (Å²) in [5.41, 5.74) is 3.04. The van der Waals surface area contributed by atoms with Gasteiger partial charge in [-0.3, -0.25) is 4.79 Å². The number of esters is 1. The highest BCUT2D eigenvalue weighted by Crippen LogP contribution is 2.34. The lowest BCUT2D eigenvalue weighted by atomic mass is 9.87. The third-order valence-corrected chi connectivity index (χ3v) is 5.77. The summed E-state index contributed by atoms with van der Waals surface area (Å²) in [5, 5.41) is 0.803. The van der Waals surface area contributed by atoms with Gasteiger partial charge in [0.25, 0.3) is 5.56 Å². The normalized spacial score (nSPS) is 12.2. The van der Waals surface area contributed by atoms with Crippen molar-refractivity contribution in [2.24, 2.45) is 7.05 Å². The minimum atomic E-state index is -0.352. The fourth-order valence-electron chi connectivity index (χ4n) is 3.81. The zero-order valence-corrected chi connectivity index (χ0v) is 19.6. The van der Waals surface area contributed by atoms with E-state index >= 15 is 0 Å². The Kier molecular flexibility index (Phi) is 7.29. The average Bonchev–Trinajstić information content (AvgIpc) is 3.16. The number of aryl methyl sites for hydroxylation is 1. The van der Waals surface area contributed by atoms with E-state index in [1.165, 1.54) is 4.57 Å². The zero-order valence-electron chi connectivity index (χ0n) is 18.1. The Morgan fingerprint density at radius 1 is 1.13 bits per heavy atom. The Balaban J connectivity index is 2.20. The van der Waals surface area contributed by atoms with E-state index in [1.54, 1.807) is 26.2 Å². The number of rotatable bonds is 7. The minimum Gasteiger partial charge on any atom is -0.462 e. The Bertz CT molecular complexity index is 1100. The molecule has 5 nitrogen and oxygen atoms in total. The van der Waals surface area contributed by atoms with E-state index in [2.05, 4.69) is 18.4 Å². The molecule has 3 aromatic rings. The van der Waals surface area contributed by atoms with Crippen molar-refractivity contribution in [1.29, 1.82) is 0 Å². The minimum absolute atomic E-state index is 0.136. The molecule has 0 saturated heterocycles. The summed E-state index contributed by atoms with van der Waals surface area (Å²) >= 11 is 12.3. The fourth-order valence-corrected chi connectivity index (χ4v) is 4.21. The summed E-state index contributed by atoms with van der Waals surface area (Å²) < 4.78 is 8.90. The first kappa shape index (κ1) is 23.2. The third kappa shape index (κ3) is 5.05. The maximum Gasteiger partial charge on any atom is 0.339 e. The van der Waals surface area contributed by atoms with E-state index in [1.807, 2.05) is 36.5 Å². The molecule has 0 aliphatic rings. The van der Waals surface area contributed by atoms with Crippen LogP contribution < -0.4 is 5.56 Å². The van der Waals surface area contributed by atoms with Crippen LogP contribution >= 0.6 is 23.2 Å². The number of hydrogen-bond acceptors (Lipinski definition) is 3. The lowest BCUT2D eigenvalue weighted by Gasteiger charge is -2.24. The second-order valence-electron chi connectivity index (χ2n) is 7.76. The standard InChI is InChI=1S/C24H26Cl2N2O3/c1-5-31-24(30)19-10-11-28(15(2)3)22(19)20(17-6-8-18(25)9-7-17)12-16-13-21(26)23(29)27(4)14-16/h6-11,13-15,20H,5,12H2,1-4H3. The molecule has 1 atom stereocenters. The second kappa shape index (κ2) is 9.75. The molecular formula is C24H26Cl2N2O3. The SMILES string of the molecule is CCOC(=O)c1ccn(C(C)C)c1C(Cc1cc(Cl)c(=O)n(C)c1)c1ccc(Cl)cc1. The van der Waals surface area contributed by atoms with E-state index in [0.29, 0.717) is 23.6 Å². The summed E-state index contributed by atoms with van der Waals surface area (Å²) in [6.07, 6.45) is 4.24. The van der Waals surface area contributed by atoms with Crippen molar-refractivity contribution in [3.05, 3.63) is 91.6 Å². The second-order valence-corrected chi connectivity index (χ2v) is 8.60. The van der Waals surface area contributed by atoms with E-state index in [-0.39, 0.29) is 28.5 Å². The van der Waals surface area contributed by atoms with E-state index in [9.17, 15) is 9.59 Å². The van der Waals surface area contributed by atoms with Crippen molar-refractivity contribution in [1.82, 2.24) is 9.13 Å². The molecule has 0 fully saturated rings. The van der Waals surface area contributed by atoms with Crippen molar-refractivity contribution in [2.45, 2.75) is 39.2 Å². The lowest BCUT2D eigenvalue weighted by Crippen LogP contribution is -2.20. The monoisotopic (exact) mass is 460 g/mol. The molecule has 0 aliphatic carbocycles. The van der Waals surface area contributed by atoms with Gasteiger partial charge in [0.05, 0.1) is 12.2 Å². The highest BCUT2D eigenvalue weighted by molar-refractivity contribution is 6.30. The fraction of sp³-hybridized carbons (Fsp3) is 0.333. The summed E-state index contributed by atoms with van der Waals surface area (Å²) in [6.45, 7) is 6.23. The largest absolute Gasteiger partial charge is 0.462 e. The molecule has 0 N–H and O–H groups in total. The van der Waals surface area contributed by atoms with E-state index in [0.717, 1.165) is 16.8 Å². The highest BCUT2D eigenvalue weighted by atomic mass is 35.5. The van der Waals surface area contributed by atoms with Gasteiger partial charge >= 0.3 is 5.97 Å². The summed E-state index contributed by atoms with van der Waals surface area (Å²) in [7, 11) is 1.68. The average molecular weight is 461 g/mol. The Hall–Kier alpha value is -2.50. The number of carbonyl (C=O) groups is 1. The summed E-state index contributed by atoms with van der Waals surface area (Å²) in [4.78, 5) is 24.8. The third-order valence-electron chi connectivity index (χ3n) is 5.25. The molecule has 2 aromatic heterocycles. The summed E-state index contributed by atoms with van der Waals surface area (Å²) in [5.74, 6) is -0.531. The molecule has 164 valence electrons. The zero-order chi connectivity index (χ0) is 22.7. The predicted octanol–water partition coefficient (Wildman–Crippen LogP) is 5.63. The van der Waals surface area contributed by atoms with E-state index in [4.69, 9.17) is 27.9 Å². The number of benzene rings is 1. The maximum absolute atomic E-state index is 12.8. The first-order valence-electron chi connectivity index (χ1n) is 10.2. The molecule has 7 heteroatoms. The molecule has 2 heterocycles. The molecule has 0 radical (unpaired) electrons. The van der Waals surface area contributed by atoms with Crippen LogP contribution in [0, 0.1) is 0 Å². The molecule has 0 spiro atoms. The highest BCUT2D eigenvalue weighted by Gasteiger charge is 2.27. The van der Waals surface area contributed by atoms with Gasteiger partial charge in [0.2, 0.25) is 0 Å². The van der Waals surface area contributed by atoms with Crippen LogP contribution in [0.25, 0.3) is 0 Å². The Morgan fingerprint density at radius 3 is 2.39 bits per heavy atom. The molecule has 1 aromatic carbocycles. The topological polar surface area (TPSA) is 53.2 Å². The molecule has 0 amide bonds. The van der Waals surface area contributed by atoms with Gasteiger partial charge in [0.15, 0.2) is 0 Å². The van der Waals surface area contributed by atoms with Crippen molar-refractivity contribution in [3.8, 4) is 0 Å². The lowest BCUT2D eigenvalue weighted by molar-refractivity contribution is 0.0524. The van der Waals surface area contributed by atoms with Gasteiger partial charge in [-0.2, -0.15) is 0 Å². The molecule has 0 aliphatic heterocycles. The number of ether oxygens (including phenoxy) is 1. The van der Waals surface area contributed by atoms with Gasteiger partial charge in [-0.1, -0.05) is 35.3 Å². The smallest absolute Gasteiger partial charge is 0.339 e. The number of nitrogens with zero attached hydrogens (tertiary/aromatic N) is 2. The number of aromatic nitrogens is 2. The molecule has 31 heavy (non-hydrogen) atoms. The maximum atomic E-state index is 12.8. The number of hydrogen-bond donors (Lipinski definition) is 0. The van der Waals surface area contributed by atoms with Crippen LogP contribution in [0.2, 0.25) is 10.0 Å². The van der Waals surface area contributed by atoms with E-state index < -0.39 is 0 Å². The molecular weight excluding hydrogens is 435 g/mol. The van der Waals surface area contributed by atoms with Crippen LogP contribution in [0.1, 0.15) is 59.9 Å². The molecule has 0 saturated carbocycles. The first-order chi connectivity index (χ1) is 14.7. The van der Waals surface area contributed by atoms with Gasteiger partial charge in [-0.15, -0.1) is 0 Å². The molecule has 3 rings (SSSR count). The van der Waals surface area contributed by atoms with Gasteiger partial charge in [-0.25, -0.2) is 4.79 Å². The van der Waals surface area contributed by atoms with Crippen LogP contribution in [-0.2, 0) is 18.2 Å². The first-order valence-corrected chi connectivity index (χ1v) is 11.0. The van der Waals surface area contributed by atoms with Crippen molar-refractivity contribution < 1.29 is 9.53 Å². The van der Waals surface area contributed by atoms with Crippen LogP contribution in [0.4, 0.5) is 0 Å². The number of carbonyl (C=O) groups excluding carboxylic acids is 1. The van der Waals surface area contributed by atoms with Gasteiger partial charge in [0.1, 0.15) is 5.02 Å². The van der Waals surface area contributed by atoms with Gasteiger partial charge in [0, 0.05) is 42.1 Å². The van der Waals surface area contributed by atoms with Crippen molar-refractivity contribution in [3.63, 3.8) is 0 Å². The molecule has 1 unspecified atom stereocenters.